The van der Waals surface area contributed by atoms with Gasteiger partial charge in [-0.2, -0.15) is 0 Å². The normalized spacial score (nSPS) is 29.1. The molecule has 142 valence electrons. The molecule has 0 saturated heterocycles. The molecule has 5 rings (SSSR count). The summed E-state index contributed by atoms with van der Waals surface area (Å²) < 4.78 is 13.8. The molecule has 3 nitrogen and oxygen atoms in total. The van der Waals surface area contributed by atoms with Gasteiger partial charge in [0.05, 0.1) is 5.52 Å². The van der Waals surface area contributed by atoms with E-state index in [4.69, 9.17) is 0 Å². The summed E-state index contributed by atoms with van der Waals surface area (Å²) in [4.78, 5) is 6.97. The van der Waals surface area contributed by atoms with E-state index in [1.54, 1.807) is 12.1 Å². The molecule has 0 unspecified atom stereocenters. The zero-order chi connectivity index (χ0) is 18.4. The summed E-state index contributed by atoms with van der Waals surface area (Å²) in [5.41, 5.74) is 2.19. The maximum absolute atomic E-state index is 13.8. The summed E-state index contributed by atoms with van der Waals surface area (Å²) >= 11 is 0. The number of rotatable bonds is 4. The van der Waals surface area contributed by atoms with Gasteiger partial charge in [0, 0.05) is 30.0 Å². The molecule has 1 aromatic carbocycles. The largest absolute Gasteiger partial charge is 0.370 e. The van der Waals surface area contributed by atoms with Crippen molar-refractivity contribution in [2.75, 3.05) is 0 Å². The number of nitrogens with zero attached hydrogens (tertiary/aromatic N) is 2. The maximum Gasteiger partial charge on any atom is 0.123 e. The number of hydrogen-bond acceptors (Lipinski definition) is 3. The van der Waals surface area contributed by atoms with Gasteiger partial charge < -0.3 is 10.2 Å². The smallest absolute Gasteiger partial charge is 0.123 e. The van der Waals surface area contributed by atoms with Crippen LogP contribution in [0.15, 0.2) is 42.9 Å². The van der Waals surface area contributed by atoms with Crippen molar-refractivity contribution in [2.24, 2.45) is 11.8 Å². The van der Waals surface area contributed by atoms with Gasteiger partial charge in [0.25, 0.3) is 0 Å². The summed E-state index contributed by atoms with van der Waals surface area (Å²) in [6, 6.07) is 7.83. The highest BCUT2D eigenvalue weighted by Gasteiger charge is 2.39. The fraction of sp³-hybridized carbons (Fsp3) is 0.522. The Balaban J connectivity index is 1.28. The highest BCUT2D eigenvalue weighted by Crippen LogP contribution is 2.43. The van der Waals surface area contributed by atoms with Crippen molar-refractivity contribution in [3.05, 3.63) is 54.2 Å². The van der Waals surface area contributed by atoms with E-state index in [0.29, 0.717) is 18.0 Å². The maximum atomic E-state index is 13.8. The Labute approximate surface area is 160 Å². The zero-order valence-corrected chi connectivity index (χ0v) is 15.9. The minimum Gasteiger partial charge on any atom is -0.370 e. The van der Waals surface area contributed by atoms with Crippen LogP contribution in [0.3, 0.4) is 0 Å². The Bertz CT molecular complexity index is 852. The predicted molar refractivity (Wildman–Crippen MR) is 106 cm³/mol. The summed E-state index contributed by atoms with van der Waals surface area (Å²) in [5, 5.41) is 4.59. The van der Waals surface area contributed by atoms with E-state index in [9.17, 15) is 4.39 Å². The third-order valence-electron chi connectivity index (χ3n) is 6.99. The van der Waals surface area contributed by atoms with E-state index in [-0.39, 0.29) is 5.82 Å². The van der Waals surface area contributed by atoms with Gasteiger partial charge in [0.1, 0.15) is 12.0 Å². The second kappa shape index (κ2) is 6.81. The second-order valence-electron chi connectivity index (χ2n) is 8.64. The van der Waals surface area contributed by atoms with Crippen molar-refractivity contribution >= 4 is 10.9 Å². The number of halogens is 1. The molecule has 0 bridgehead atoms. The molecule has 2 saturated carbocycles. The molecule has 0 radical (unpaired) electrons. The standard InChI is InChI=1S/C23H28FN3/c1-15(23-26-12-13-27(23)19-7-8-19)16-2-4-17(5-3-16)20-10-11-25-22-9-6-18(24)14-21(20)22/h6,9-17,19,23,26H,2-5,7-8H2,1H3/t15-,16?,17?,23-/m1/s1. The van der Waals surface area contributed by atoms with Crippen LogP contribution in [0, 0.1) is 17.7 Å². The number of nitrogens with one attached hydrogen (secondary N) is 1. The Morgan fingerprint density at radius 3 is 2.70 bits per heavy atom. The first-order valence-corrected chi connectivity index (χ1v) is 10.4. The number of hydrogen-bond donors (Lipinski definition) is 1. The first kappa shape index (κ1) is 17.0. The zero-order valence-electron chi connectivity index (χ0n) is 15.9. The van der Waals surface area contributed by atoms with Crippen LogP contribution in [0.4, 0.5) is 4.39 Å². The van der Waals surface area contributed by atoms with Crippen molar-refractivity contribution in [2.45, 2.75) is 63.6 Å². The third-order valence-corrected chi connectivity index (χ3v) is 6.99. The lowest BCUT2D eigenvalue weighted by atomic mass is 9.73. The summed E-state index contributed by atoms with van der Waals surface area (Å²) in [5.74, 6) is 1.76. The number of aromatic nitrogens is 1. The topological polar surface area (TPSA) is 28.2 Å². The van der Waals surface area contributed by atoms with Crippen LogP contribution in [0.1, 0.15) is 56.9 Å². The van der Waals surface area contributed by atoms with E-state index >= 15 is 0 Å². The molecule has 2 heterocycles. The highest BCUT2D eigenvalue weighted by molar-refractivity contribution is 5.82. The lowest BCUT2D eigenvalue weighted by molar-refractivity contribution is 0.127. The van der Waals surface area contributed by atoms with Gasteiger partial charge in [-0.3, -0.25) is 4.98 Å². The fourth-order valence-electron chi connectivity index (χ4n) is 5.26. The Hall–Kier alpha value is -2.10. The van der Waals surface area contributed by atoms with Crippen LogP contribution in [0.2, 0.25) is 0 Å². The van der Waals surface area contributed by atoms with E-state index in [1.165, 1.54) is 50.2 Å². The van der Waals surface area contributed by atoms with E-state index in [2.05, 4.69) is 40.6 Å². The average molecular weight is 365 g/mol. The minimum atomic E-state index is -0.168. The summed E-state index contributed by atoms with van der Waals surface area (Å²) in [6.07, 6.45) is 14.3. The predicted octanol–water partition coefficient (Wildman–Crippen LogP) is 5.15. The fourth-order valence-corrected chi connectivity index (χ4v) is 5.26. The molecule has 2 fully saturated rings. The van der Waals surface area contributed by atoms with Crippen molar-refractivity contribution < 1.29 is 4.39 Å². The highest BCUT2D eigenvalue weighted by atomic mass is 19.1. The van der Waals surface area contributed by atoms with Crippen molar-refractivity contribution in [3.8, 4) is 0 Å². The number of benzene rings is 1. The van der Waals surface area contributed by atoms with E-state index in [1.807, 2.05) is 6.20 Å². The van der Waals surface area contributed by atoms with E-state index < -0.39 is 0 Å². The molecule has 0 amide bonds. The molecule has 4 heteroatoms. The Morgan fingerprint density at radius 2 is 1.93 bits per heavy atom. The SMILES string of the molecule is C[C@H](C1CCC(c2ccnc3ccc(F)cc23)CC1)[C@@H]1NC=CN1C1CC1. The second-order valence-corrected chi connectivity index (χ2v) is 8.64. The summed E-state index contributed by atoms with van der Waals surface area (Å²) in [7, 11) is 0. The molecule has 2 aliphatic carbocycles. The van der Waals surface area contributed by atoms with Gasteiger partial charge in [-0.1, -0.05) is 6.92 Å². The molecule has 2 atom stereocenters. The van der Waals surface area contributed by atoms with Gasteiger partial charge in [-0.25, -0.2) is 4.39 Å². The van der Waals surface area contributed by atoms with Crippen LogP contribution in [0.5, 0.6) is 0 Å². The molecular formula is C23H28FN3. The molecule has 1 N–H and O–H groups in total. The van der Waals surface area contributed by atoms with Crippen molar-refractivity contribution in [3.63, 3.8) is 0 Å². The first-order chi connectivity index (χ1) is 13.2. The molecule has 1 aliphatic heterocycles. The average Bonchev–Trinajstić information content (AvgIpc) is 3.43. The van der Waals surface area contributed by atoms with Crippen molar-refractivity contribution in [1.82, 2.24) is 15.2 Å². The monoisotopic (exact) mass is 365 g/mol. The number of pyridine rings is 1. The van der Waals surface area contributed by atoms with Gasteiger partial charge in [-0.05, 0) is 86.1 Å². The molecule has 27 heavy (non-hydrogen) atoms. The first-order valence-electron chi connectivity index (χ1n) is 10.4. The molecule has 0 spiro atoms. The van der Waals surface area contributed by atoms with Crippen LogP contribution < -0.4 is 5.32 Å². The van der Waals surface area contributed by atoms with Crippen LogP contribution >= 0.6 is 0 Å². The van der Waals surface area contributed by atoms with Crippen LogP contribution in [-0.4, -0.2) is 22.1 Å². The third kappa shape index (κ3) is 3.19. The minimum absolute atomic E-state index is 0.168. The number of fused-ring (bicyclic) bond motifs is 1. The molecule has 2 aromatic rings. The summed E-state index contributed by atoms with van der Waals surface area (Å²) in [6.45, 7) is 2.42. The lowest BCUT2D eigenvalue weighted by Crippen LogP contribution is -2.45. The Morgan fingerprint density at radius 1 is 1.11 bits per heavy atom. The van der Waals surface area contributed by atoms with Gasteiger partial charge in [0.2, 0.25) is 0 Å². The molecule has 1 aromatic heterocycles. The van der Waals surface area contributed by atoms with Crippen LogP contribution in [0.25, 0.3) is 10.9 Å². The lowest BCUT2D eigenvalue weighted by Gasteiger charge is -2.39. The Kier molecular flexibility index (Phi) is 4.30. The van der Waals surface area contributed by atoms with Gasteiger partial charge in [0.15, 0.2) is 0 Å². The molecule has 3 aliphatic rings. The van der Waals surface area contributed by atoms with Crippen LogP contribution in [-0.2, 0) is 0 Å². The molecular weight excluding hydrogens is 337 g/mol. The van der Waals surface area contributed by atoms with Gasteiger partial charge >= 0.3 is 0 Å². The quantitative estimate of drug-likeness (QED) is 0.812. The van der Waals surface area contributed by atoms with Crippen molar-refractivity contribution in [1.29, 1.82) is 0 Å². The van der Waals surface area contributed by atoms with Gasteiger partial charge in [-0.15, -0.1) is 0 Å². The van der Waals surface area contributed by atoms with E-state index in [0.717, 1.165) is 22.9 Å².